The molecule has 3 heteroatoms. The Bertz CT molecular complexity index is 606. The van der Waals surface area contributed by atoms with Gasteiger partial charge < -0.3 is 15.8 Å². The molecule has 0 aliphatic heterocycles. The highest BCUT2D eigenvalue weighted by Crippen LogP contribution is 2.32. The van der Waals surface area contributed by atoms with Crippen LogP contribution in [0.3, 0.4) is 0 Å². The van der Waals surface area contributed by atoms with Gasteiger partial charge in [0.2, 0.25) is 0 Å². The summed E-state index contributed by atoms with van der Waals surface area (Å²) in [5, 5.41) is 3.38. The molecule has 2 aromatic carbocycles. The van der Waals surface area contributed by atoms with Crippen molar-refractivity contribution < 1.29 is 4.74 Å². The lowest BCUT2D eigenvalue weighted by atomic mass is 10.0. The maximum absolute atomic E-state index is 6.19. The molecule has 3 N–H and O–H groups in total. The third-order valence-corrected chi connectivity index (χ3v) is 3.26. The Morgan fingerprint density at radius 1 is 1.00 bits per heavy atom. The van der Waals surface area contributed by atoms with E-state index >= 15 is 0 Å². The number of hydrogen-bond donors (Lipinski definition) is 2. The topological polar surface area (TPSA) is 47.3 Å². The predicted octanol–water partition coefficient (Wildman–Crippen LogP) is 4.92. The van der Waals surface area contributed by atoms with Crippen molar-refractivity contribution >= 4 is 17.1 Å². The van der Waals surface area contributed by atoms with Gasteiger partial charge in [-0.2, -0.15) is 0 Å². The van der Waals surface area contributed by atoms with E-state index in [0.717, 1.165) is 17.1 Å². The molecule has 0 bridgehead atoms. The third kappa shape index (κ3) is 3.91. The van der Waals surface area contributed by atoms with E-state index in [9.17, 15) is 0 Å². The summed E-state index contributed by atoms with van der Waals surface area (Å²) in [6.07, 6.45) is 0.104. The molecule has 0 atom stereocenters. The number of nitrogens with two attached hydrogens (primary N) is 1. The van der Waals surface area contributed by atoms with E-state index in [1.807, 2.05) is 38.1 Å². The zero-order valence-electron chi connectivity index (χ0n) is 13.2. The lowest BCUT2D eigenvalue weighted by Crippen LogP contribution is -2.08. The van der Waals surface area contributed by atoms with E-state index in [2.05, 4.69) is 37.4 Å². The SMILES string of the molecule is CC(C)Oc1cccc(Nc2cccc(C(C)C)c2)c1N. The van der Waals surface area contributed by atoms with Gasteiger partial charge in [0, 0.05) is 5.69 Å². The number of hydrogen-bond acceptors (Lipinski definition) is 3. The summed E-state index contributed by atoms with van der Waals surface area (Å²) in [4.78, 5) is 0. The zero-order valence-corrected chi connectivity index (χ0v) is 13.2. The normalized spacial score (nSPS) is 11.0. The van der Waals surface area contributed by atoms with Gasteiger partial charge in [0.25, 0.3) is 0 Å². The molecule has 0 amide bonds. The van der Waals surface area contributed by atoms with Gasteiger partial charge in [-0.1, -0.05) is 32.0 Å². The minimum Gasteiger partial charge on any atom is -0.489 e. The lowest BCUT2D eigenvalue weighted by molar-refractivity contribution is 0.244. The van der Waals surface area contributed by atoms with Crippen LogP contribution in [0.15, 0.2) is 42.5 Å². The van der Waals surface area contributed by atoms with Crippen LogP contribution in [0.1, 0.15) is 39.2 Å². The summed E-state index contributed by atoms with van der Waals surface area (Å²) < 4.78 is 5.72. The number of nitrogen functional groups attached to an aromatic ring is 1. The molecule has 0 radical (unpaired) electrons. The first-order valence-corrected chi connectivity index (χ1v) is 7.39. The number of nitrogens with one attached hydrogen (secondary N) is 1. The largest absolute Gasteiger partial charge is 0.489 e. The summed E-state index contributed by atoms with van der Waals surface area (Å²) in [5.74, 6) is 1.22. The van der Waals surface area contributed by atoms with E-state index in [4.69, 9.17) is 10.5 Å². The fourth-order valence-corrected chi connectivity index (χ4v) is 2.14. The zero-order chi connectivity index (χ0) is 15.4. The molecule has 112 valence electrons. The van der Waals surface area contributed by atoms with Crippen molar-refractivity contribution in [1.29, 1.82) is 0 Å². The Labute approximate surface area is 127 Å². The minimum absolute atomic E-state index is 0.104. The lowest BCUT2D eigenvalue weighted by Gasteiger charge is -2.16. The van der Waals surface area contributed by atoms with Crippen molar-refractivity contribution in [3.05, 3.63) is 48.0 Å². The standard InChI is InChI=1S/C18H24N2O/c1-12(2)14-7-5-8-15(11-14)20-16-9-6-10-17(18(16)19)21-13(3)4/h5-13,20H,19H2,1-4H3. The van der Waals surface area contributed by atoms with Crippen LogP contribution in [0, 0.1) is 0 Å². The minimum atomic E-state index is 0.104. The Balaban J connectivity index is 2.25. The molecule has 0 aromatic heterocycles. The van der Waals surface area contributed by atoms with Crippen LogP contribution in [0.25, 0.3) is 0 Å². The highest BCUT2D eigenvalue weighted by atomic mass is 16.5. The molecule has 21 heavy (non-hydrogen) atoms. The predicted molar refractivity (Wildman–Crippen MR) is 90.4 cm³/mol. The molecule has 0 fully saturated rings. The summed E-state index contributed by atoms with van der Waals surface area (Å²) in [7, 11) is 0. The Kier molecular flexibility index (Phi) is 4.73. The van der Waals surface area contributed by atoms with Gasteiger partial charge in [-0.3, -0.25) is 0 Å². The molecule has 0 heterocycles. The van der Waals surface area contributed by atoms with Crippen LogP contribution in [0.5, 0.6) is 5.75 Å². The second-order valence-electron chi connectivity index (χ2n) is 5.79. The van der Waals surface area contributed by atoms with E-state index in [1.165, 1.54) is 5.56 Å². The van der Waals surface area contributed by atoms with Crippen molar-refractivity contribution in [2.24, 2.45) is 0 Å². The molecule has 0 spiro atoms. The molecule has 3 nitrogen and oxygen atoms in total. The molecule has 0 aliphatic rings. The monoisotopic (exact) mass is 284 g/mol. The summed E-state index contributed by atoms with van der Waals surface area (Å²) in [6.45, 7) is 8.35. The van der Waals surface area contributed by atoms with Gasteiger partial charge >= 0.3 is 0 Å². The first-order valence-electron chi connectivity index (χ1n) is 7.39. The van der Waals surface area contributed by atoms with Crippen LogP contribution in [-0.4, -0.2) is 6.10 Å². The molecule has 0 unspecified atom stereocenters. The molecule has 0 saturated heterocycles. The molecule has 2 aromatic rings. The van der Waals surface area contributed by atoms with Crippen LogP contribution in [-0.2, 0) is 0 Å². The number of ether oxygens (including phenoxy) is 1. The van der Waals surface area contributed by atoms with Crippen LogP contribution >= 0.6 is 0 Å². The molecule has 2 rings (SSSR count). The highest BCUT2D eigenvalue weighted by molar-refractivity contribution is 5.77. The van der Waals surface area contributed by atoms with Crippen molar-refractivity contribution in [3.63, 3.8) is 0 Å². The van der Waals surface area contributed by atoms with Gasteiger partial charge in [-0.25, -0.2) is 0 Å². The number of anilines is 3. The van der Waals surface area contributed by atoms with E-state index in [-0.39, 0.29) is 6.10 Å². The fraction of sp³-hybridized carbons (Fsp3) is 0.333. The van der Waals surface area contributed by atoms with Gasteiger partial charge in [-0.05, 0) is 49.6 Å². The molecule has 0 saturated carbocycles. The van der Waals surface area contributed by atoms with Gasteiger partial charge in [0.05, 0.1) is 17.5 Å². The Morgan fingerprint density at radius 2 is 1.71 bits per heavy atom. The average Bonchev–Trinajstić information content (AvgIpc) is 2.43. The number of rotatable bonds is 5. The van der Waals surface area contributed by atoms with Gasteiger partial charge in [-0.15, -0.1) is 0 Å². The van der Waals surface area contributed by atoms with Crippen molar-refractivity contribution in [2.45, 2.75) is 39.7 Å². The second kappa shape index (κ2) is 6.53. The van der Waals surface area contributed by atoms with Crippen molar-refractivity contribution in [1.82, 2.24) is 0 Å². The summed E-state index contributed by atoms with van der Waals surface area (Å²) in [5.41, 5.74) is 10.0. The van der Waals surface area contributed by atoms with E-state index in [1.54, 1.807) is 0 Å². The smallest absolute Gasteiger partial charge is 0.144 e. The van der Waals surface area contributed by atoms with Gasteiger partial charge in [0.1, 0.15) is 5.75 Å². The van der Waals surface area contributed by atoms with Crippen LogP contribution in [0.4, 0.5) is 17.1 Å². The maximum atomic E-state index is 6.19. The Morgan fingerprint density at radius 3 is 2.38 bits per heavy atom. The van der Waals surface area contributed by atoms with E-state index < -0.39 is 0 Å². The maximum Gasteiger partial charge on any atom is 0.144 e. The second-order valence-corrected chi connectivity index (χ2v) is 5.79. The van der Waals surface area contributed by atoms with Gasteiger partial charge in [0.15, 0.2) is 0 Å². The summed E-state index contributed by atoms with van der Waals surface area (Å²) >= 11 is 0. The van der Waals surface area contributed by atoms with Crippen LogP contribution < -0.4 is 15.8 Å². The molecule has 0 aliphatic carbocycles. The first kappa shape index (κ1) is 15.2. The molecular weight excluding hydrogens is 260 g/mol. The highest BCUT2D eigenvalue weighted by Gasteiger charge is 2.08. The summed E-state index contributed by atoms with van der Waals surface area (Å²) in [6, 6.07) is 14.2. The number of para-hydroxylation sites is 1. The third-order valence-electron chi connectivity index (χ3n) is 3.26. The quantitative estimate of drug-likeness (QED) is 0.766. The van der Waals surface area contributed by atoms with Crippen molar-refractivity contribution in [3.8, 4) is 5.75 Å². The van der Waals surface area contributed by atoms with Crippen LogP contribution in [0.2, 0.25) is 0 Å². The number of benzene rings is 2. The first-order chi connectivity index (χ1) is 9.97. The van der Waals surface area contributed by atoms with E-state index in [0.29, 0.717) is 11.6 Å². The Hall–Kier alpha value is -2.16. The van der Waals surface area contributed by atoms with Crippen molar-refractivity contribution in [2.75, 3.05) is 11.1 Å². The average molecular weight is 284 g/mol. The fourth-order valence-electron chi connectivity index (χ4n) is 2.14. The molecular formula is C18H24N2O.